The molecule has 0 radical (unpaired) electrons. The van der Waals surface area contributed by atoms with Crippen LogP contribution >= 0.6 is 0 Å². The molecule has 2 aromatic carbocycles. The number of hydrogen-bond acceptors (Lipinski definition) is 7. The lowest BCUT2D eigenvalue weighted by Gasteiger charge is -2.29. The number of hydrogen-bond donors (Lipinski definition) is 2. The van der Waals surface area contributed by atoms with E-state index in [0.717, 1.165) is 19.5 Å². The minimum Gasteiger partial charge on any atom is -0.508 e. The zero-order chi connectivity index (χ0) is 22.9. The lowest BCUT2D eigenvalue weighted by Crippen LogP contribution is -2.44. The van der Waals surface area contributed by atoms with Crippen molar-refractivity contribution in [1.29, 1.82) is 0 Å². The van der Waals surface area contributed by atoms with Crippen molar-refractivity contribution in [2.24, 2.45) is 0 Å². The van der Waals surface area contributed by atoms with Crippen LogP contribution in [-0.4, -0.2) is 50.4 Å². The average Bonchev–Trinajstić information content (AvgIpc) is 3.43. The van der Waals surface area contributed by atoms with E-state index in [-0.39, 0.29) is 45.0 Å². The molecule has 0 spiro atoms. The number of aromatic nitrogens is 4. The Morgan fingerprint density at radius 2 is 2.03 bits per heavy atom. The van der Waals surface area contributed by atoms with E-state index in [9.17, 15) is 9.50 Å². The van der Waals surface area contributed by atoms with Gasteiger partial charge in [-0.3, -0.25) is 0 Å². The summed E-state index contributed by atoms with van der Waals surface area (Å²) in [5, 5.41) is 22.9. The van der Waals surface area contributed by atoms with Crippen LogP contribution < -0.4 is 10.2 Å². The van der Waals surface area contributed by atoms with Gasteiger partial charge in [0.25, 0.3) is 0 Å². The molecule has 0 amide bonds. The largest absolute Gasteiger partial charge is 0.508 e. The summed E-state index contributed by atoms with van der Waals surface area (Å²) in [7, 11) is 0. The molecule has 0 aliphatic carbocycles. The van der Waals surface area contributed by atoms with Gasteiger partial charge in [0, 0.05) is 36.1 Å². The van der Waals surface area contributed by atoms with Gasteiger partial charge in [-0.2, -0.15) is 0 Å². The minimum absolute atomic E-state index is 0.0217. The zero-order valence-corrected chi connectivity index (χ0v) is 17.6. The highest BCUT2D eigenvalue weighted by Gasteiger charge is 2.39. The number of fused-ring (bicyclic) bond motifs is 4. The first-order chi connectivity index (χ1) is 15.9. The van der Waals surface area contributed by atoms with Crippen molar-refractivity contribution in [3.8, 4) is 29.4 Å². The molecule has 164 valence electrons. The van der Waals surface area contributed by atoms with E-state index in [1.165, 1.54) is 24.3 Å². The topological polar surface area (TPSA) is 87.1 Å². The van der Waals surface area contributed by atoms with Gasteiger partial charge < -0.3 is 15.3 Å². The fourth-order valence-electron chi connectivity index (χ4n) is 5.00. The van der Waals surface area contributed by atoms with Crippen LogP contribution in [0.25, 0.3) is 33.1 Å². The molecule has 2 atom stereocenters. The predicted molar refractivity (Wildman–Crippen MR) is 120 cm³/mol. The monoisotopic (exact) mass is 444 g/mol. The summed E-state index contributed by atoms with van der Waals surface area (Å²) in [6.45, 7) is 3.28. The van der Waals surface area contributed by atoms with Crippen molar-refractivity contribution >= 4 is 27.6 Å². The minimum atomic E-state index is -0.728. The molecule has 4 heterocycles. The maximum atomic E-state index is 15.9. The number of anilines is 1. The number of benzene rings is 2. The molecule has 2 aromatic heterocycles. The first-order valence-electron chi connectivity index (χ1n) is 10.6. The first-order valence-corrected chi connectivity index (χ1v) is 10.6. The summed E-state index contributed by atoms with van der Waals surface area (Å²) < 4.78 is 30.4. The van der Waals surface area contributed by atoms with Crippen LogP contribution in [0.1, 0.15) is 17.8 Å². The van der Waals surface area contributed by atoms with Gasteiger partial charge in [0.1, 0.15) is 28.6 Å². The standard InChI is InChI=1S/C24H18F2N6O/c1-3-16-18(25)5-4-12-6-15(33)8-17(19(12)16)21-20(26)22-23(31-30-21)24(29-11(2)28-22)32-10-13-7-14(32)9-27-13/h1,4-6,8,13-14,27,33H,7,9-10H2,2H3/t13-,14-/m1/s1. The van der Waals surface area contributed by atoms with E-state index in [1.807, 2.05) is 0 Å². The third-order valence-electron chi connectivity index (χ3n) is 6.42. The number of aromatic hydroxyl groups is 1. The highest BCUT2D eigenvalue weighted by Crippen LogP contribution is 2.38. The fourth-order valence-corrected chi connectivity index (χ4v) is 5.00. The van der Waals surface area contributed by atoms with Crippen molar-refractivity contribution in [3.63, 3.8) is 0 Å². The van der Waals surface area contributed by atoms with Gasteiger partial charge in [-0.1, -0.05) is 12.0 Å². The summed E-state index contributed by atoms with van der Waals surface area (Å²) in [6.07, 6.45) is 6.55. The van der Waals surface area contributed by atoms with Crippen molar-refractivity contribution in [1.82, 2.24) is 25.5 Å². The molecule has 2 aliphatic rings. The Labute approximate surface area is 187 Å². The number of rotatable bonds is 2. The number of halogens is 2. The smallest absolute Gasteiger partial charge is 0.179 e. The highest BCUT2D eigenvalue weighted by molar-refractivity contribution is 6.02. The number of nitrogens with zero attached hydrogens (tertiary/aromatic N) is 5. The van der Waals surface area contributed by atoms with Crippen LogP contribution in [-0.2, 0) is 0 Å². The molecule has 2 N–H and O–H groups in total. The maximum absolute atomic E-state index is 15.9. The number of terminal acetylenes is 1. The Hall–Kier alpha value is -3.90. The van der Waals surface area contributed by atoms with Gasteiger partial charge in [0.15, 0.2) is 17.2 Å². The van der Waals surface area contributed by atoms with Crippen LogP contribution in [0.2, 0.25) is 0 Å². The lowest BCUT2D eigenvalue weighted by atomic mass is 9.96. The first kappa shape index (κ1) is 19.8. The summed E-state index contributed by atoms with van der Waals surface area (Å²) in [5.41, 5.74) is 0.227. The number of phenols is 1. The normalized spacial score (nSPS) is 19.5. The molecule has 33 heavy (non-hydrogen) atoms. The SMILES string of the molecule is C#Cc1c(F)ccc2cc(O)cc(-c3nnc4c(N5C[C@H]6C[C@@H]5CN6)nc(C)nc4c3F)c12. The van der Waals surface area contributed by atoms with E-state index in [2.05, 4.69) is 36.3 Å². The van der Waals surface area contributed by atoms with E-state index < -0.39 is 11.6 Å². The molecule has 9 heteroatoms. The van der Waals surface area contributed by atoms with Gasteiger partial charge in [0.2, 0.25) is 0 Å². The molecule has 4 aromatic rings. The van der Waals surface area contributed by atoms with Crippen LogP contribution in [0.4, 0.5) is 14.6 Å². The molecular formula is C24H18F2N6O. The Balaban J connectivity index is 1.62. The van der Waals surface area contributed by atoms with Crippen LogP contribution in [0.3, 0.4) is 0 Å². The number of nitrogens with one attached hydrogen (secondary N) is 1. The van der Waals surface area contributed by atoms with Gasteiger partial charge in [-0.05, 0) is 36.9 Å². The molecule has 2 saturated heterocycles. The van der Waals surface area contributed by atoms with Crippen LogP contribution in [0, 0.1) is 30.9 Å². The second kappa shape index (κ2) is 7.05. The van der Waals surface area contributed by atoms with Crippen molar-refractivity contribution in [3.05, 3.63) is 47.3 Å². The summed E-state index contributed by atoms with van der Waals surface area (Å²) in [4.78, 5) is 11.0. The Morgan fingerprint density at radius 1 is 1.18 bits per heavy atom. The molecular weight excluding hydrogens is 426 g/mol. The number of piperazine rings is 1. The molecule has 0 saturated carbocycles. The fraction of sp³-hybridized carbons (Fsp3) is 0.250. The van der Waals surface area contributed by atoms with Crippen molar-refractivity contribution in [2.75, 3.05) is 18.0 Å². The van der Waals surface area contributed by atoms with Crippen molar-refractivity contribution in [2.45, 2.75) is 25.4 Å². The predicted octanol–water partition coefficient (Wildman–Crippen LogP) is 3.06. The maximum Gasteiger partial charge on any atom is 0.179 e. The van der Waals surface area contributed by atoms with Crippen LogP contribution in [0.15, 0.2) is 24.3 Å². The van der Waals surface area contributed by atoms with E-state index in [0.29, 0.717) is 23.1 Å². The van der Waals surface area contributed by atoms with E-state index in [4.69, 9.17) is 6.42 Å². The molecule has 2 aliphatic heterocycles. The summed E-state index contributed by atoms with van der Waals surface area (Å²) in [5.74, 6) is 1.81. The molecule has 6 rings (SSSR count). The average molecular weight is 444 g/mol. The van der Waals surface area contributed by atoms with Gasteiger partial charge in [-0.25, -0.2) is 18.7 Å². The summed E-state index contributed by atoms with van der Waals surface area (Å²) in [6, 6.07) is 6.06. The third kappa shape index (κ3) is 2.91. The second-order valence-corrected chi connectivity index (χ2v) is 8.46. The molecule has 2 bridgehead atoms. The van der Waals surface area contributed by atoms with E-state index >= 15 is 4.39 Å². The quantitative estimate of drug-likeness (QED) is 0.460. The summed E-state index contributed by atoms with van der Waals surface area (Å²) >= 11 is 0. The second-order valence-electron chi connectivity index (χ2n) is 8.46. The van der Waals surface area contributed by atoms with Crippen molar-refractivity contribution < 1.29 is 13.9 Å². The molecule has 0 unspecified atom stereocenters. The van der Waals surface area contributed by atoms with Crippen LogP contribution in [0.5, 0.6) is 5.75 Å². The van der Waals surface area contributed by atoms with E-state index in [1.54, 1.807) is 6.92 Å². The third-order valence-corrected chi connectivity index (χ3v) is 6.42. The molecule has 7 nitrogen and oxygen atoms in total. The van der Waals surface area contributed by atoms with Gasteiger partial charge in [-0.15, -0.1) is 16.6 Å². The zero-order valence-electron chi connectivity index (χ0n) is 17.6. The Morgan fingerprint density at radius 3 is 2.76 bits per heavy atom. The number of aryl methyl sites for hydroxylation is 1. The van der Waals surface area contributed by atoms with Gasteiger partial charge >= 0.3 is 0 Å². The lowest BCUT2D eigenvalue weighted by molar-refractivity contribution is 0.476. The highest BCUT2D eigenvalue weighted by atomic mass is 19.1. The molecule has 2 fully saturated rings. The van der Waals surface area contributed by atoms with Gasteiger partial charge in [0.05, 0.1) is 5.56 Å². The Kier molecular flexibility index (Phi) is 4.22. The number of phenolic OH excluding ortho intramolecular Hbond substituents is 1. The Bertz CT molecular complexity index is 1520.